The van der Waals surface area contributed by atoms with Crippen molar-refractivity contribution in [1.29, 1.82) is 0 Å². The summed E-state index contributed by atoms with van der Waals surface area (Å²) in [6.45, 7) is 12.9. The molecule has 1 heterocycles. The van der Waals surface area contributed by atoms with E-state index in [4.69, 9.17) is 0 Å². The second-order valence-electron chi connectivity index (χ2n) is 6.60. The van der Waals surface area contributed by atoms with E-state index in [2.05, 4.69) is 27.4 Å². The summed E-state index contributed by atoms with van der Waals surface area (Å²) in [6, 6.07) is 5.38. The Bertz CT molecular complexity index is 595. The highest BCUT2D eigenvalue weighted by atomic mass is 16.2. The summed E-state index contributed by atoms with van der Waals surface area (Å²) in [5.41, 5.74) is 2.21. The van der Waals surface area contributed by atoms with E-state index in [-0.39, 0.29) is 11.8 Å². The minimum atomic E-state index is -0.135. The topological polar surface area (TPSA) is 64.7 Å². The summed E-state index contributed by atoms with van der Waals surface area (Å²) < 4.78 is 0. The predicted octanol–water partition coefficient (Wildman–Crippen LogP) is 1.71. The SMILES string of the molecule is CCN1CCN(CCCNC(=O)c2ccc(C)c(NC(C)=O)c2)CC1. The van der Waals surface area contributed by atoms with Crippen molar-refractivity contribution in [1.82, 2.24) is 15.1 Å². The Morgan fingerprint density at radius 2 is 1.80 bits per heavy atom. The number of nitrogens with zero attached hydrogens (tertiary/aromatic N) is 2. The number of hydrogen-bond acceptors (Lipinski definition) is 4. The predicted molar refractivity (Wildman–Crippen MR) is 101 cm³/mol. The standard InChI is InChI=1S/C19H30N4O2/c1-4-22-10-12-23(13-11-22)9-5-8-20-19(25)17-7-6-15(2)18(14-17)21-16(3)24/h6-7,14H,4-5,8-13H2,1-3H3,(H,20,25)(H,21,24). The summed E-state index contributed by atoms with van der Waals surface area (Å²) >= 11 is 0. The van der Waals surface area contributed by atoms with Gasteiger partial charge >= 0.3 is 0 Å². The number of carbonyl (C=O) groups excluding carboxylic acids is 2. The van der Waals surface area contributed by atoms with Gasteiger partial charge in [-0.05, 0) is 44.1 Å². The Morgan fingerprint density at radius 1 is 1.12 bits per heavy atom. The van der Waals surface area contributed by atoms with Gasteiger partial charge in [-0.25, -0.2) is 0 Å². The lowest BCUT2D eigenvalue weighted by Gasteiger charge is -2.33. The van der Waals surface area contributed by atoms with Gasteiger partial charge in [0.2, 0.25) is 5.91 Å². The van der Waals surface area contributed by atoms with E-state index < -0.39 is 0 Å². The average Bonchev–Trinajstić information content (AvgIpc) is 2.60. The summed E-state index contributed by atoms with van der Waals surface area (Å²) in [4.78, 5) is 28.4. The normalized spacial score (nSPS) is 15.8. The molecule has 6 heteroatoms. The largest absolute Gasteiger partial charge is 0.352 e. The highest BCUT2D eigenvalue weighted by Gasteiger charge is 2.15. The summed E-state index contributed by atoms with van der Waals surface area (Å²) in [7, 11) is 0. The van der Waals surface area contributed by atoms with Crippen molar-refractivity contribution in [2.75, 3.05) is 51.1 Å². The molecule has 6 nitrogen and oxygen atoms in total. The summed E-state index contributed by atoms with van der Waals surface area (Å²) in [5, 5.41) is 5.73. The van der Waals surface area contributed by atoms with Gasteiger partial charge in [-0.2, -0.15) is 0 Å². The highest BCUT2D eigenvalue weighted by Crippen LogP contribution is 2.16. The van der Waals surface area contributed by atoms with Gasteiger partial charge in [0.05, 0.1) is 0 Å². The first kappa shape index (κ1) is 19.4. The van der Waals surface area contributed by atoms with Gasteiger partial charge < -0.3 is 20.4 Å². The summed E-state index contributed by atoms with van der Waals surface area (Å²) in [5.74, 6) is -0.230. The van der Waals surface area contributed by atoms with Gasteiger partial charge in [0.1, 0.15) is 0 Å². The maximum atomic E-state index is 12.3. The van der Waals surface area contributed by atoms with Crippen LogP contribution in [0.2, 0.25) is 0 Å². The fourth-order valence-electron chi connectivity index (χ4n) is 3.02. The van der Waals surface area contributed by atoms with Crippen LogP contribution in [0.5, 0.6) is 0 Å². The molecule has 0 spiro atoms. The van der Waals surface area contributed by atoms with Crippen molar-refractivity contribution in [2.24, 2.45) is 0 Å². The molecule has 0 bridgehead atoms. The van der Waals surface area contributed by atoms with Crippen molar-refractivity contribution in [3.63, 3.8) is 0 Å². The Kier molecular flexibility index (Phi) is 7.40. The van der Waals surface area contributed by atoms with Crippen LogP contribution < -0.4 is 10.6 Å². The fraction of sp³-hybridized carbons (Fsp3) is 0.579. The maximum Gasteiger partial charge on any atom is 0.251 e. The maximum absolute atomic E-state index is 12.3. The first-order valence-corrected chi connectivity index (χ1v) is 9.10. The zero-order valence-electron chi connectivity index (χ0n) is 15.6. The Labute approximate surface area is 150 Å². The van der Waals surface area contributed by atoms with Crippen LogP contribution in [-0.2, 0) is 4.79 Å². The lowest BCUT2D eigenvalue weighted by molar-refractivity contribution is -0.114. The van der Waals surface area contributed by atoms with Gasteiger partial charge in [0, 0.05) is 50.9 Å². The van der Waals surface area contributed by atoms with E-state index in [0.717, 1.165) is 51.3 Å². The molecule has 0 aliphatic carbocycles. The van der Waals surface area contributed by atoms with Crippen molar-refractivity contribution < 1.29 is 9.59 Å². The minimum Gasteiger partial charge on any atom is -0.352 e. The number of piperazine rings is 1. The molecule has 1 aromatic carbocycles. The number of nitrogens with one attached hydrogen (secondary N) is 2. The molecule has 1 aliphatic heterocycles. The molecule has 2 N–H and O–H groups in total. The van der Waals surface area contributed by atoms with Crippen LogP contribution in [-0.4, -0.2) is 67.4 Å². The molecule has 1 saturated heterocycles. The number of hydrogen-bond donors (Lipinski definition) is 2. The molecule has 1 aliphatic rings. The van der Waals surface area contributed by atoms with E-state index in [0.29, 0.717) is 17.8 Å². The number of rotatable bonds is 7. The van der Waals surface area contributed by atoms with Crippen LogP contribution >= 0.6 is 0 Å². The minimum absolute atomic E-state index is 0.0950. The van der Waals surface area contributed by atoms with Crippen LogP contribution in [0.15, 0.2) is 18.2 Å². The van der Waals surface area contributed by atoms with E-state index in [9.17, 15) is 9.59 Å². The van der Waals surface area contributed by atoms with Gasteiger partial charge in [0.15, 0.2) is 0 Å². The second-order valence-corrected chi connectivity index (χ2v) is 6.60. The van der Waals surface area contributed by atoms with Crippen LogP contribution in [0.25, 0.3) is 0 Å². The van der Waals surface area contributed by atoms with E-state index in [1.807, 2.05) is 13.0 Å². The van der Waals surface area contributed by atoms with Crippen molar-refractivity contribution in [3.05, 3.63) is 29.3 Å². The third kappa shape index (κ3) is 6.14. The van der Waals surface area contributed by atoms with Gasteiger partial charge in [-0.15, -0.1) is 0 Å². The molecule has 0 atom stereocenters. The number of likely N-dealkylation sites (N-methyl/N-ethyl adjacent to an activating group) is 1. The molecule has 0 saturated carbocycles. The van der Waals surface area contributed by atoms with Crippen LogP contribution in [0.4, 0.5) is 5.69 Å². The van der Waals surface area contributed by atoms with Crippen molar-refractivity contribution in [3.8, 4) is 0 Å². The second kappa shape index (κ2) is 9.53. The van der Waals surface area contributed by atoms with Crippen LogP contribution in [0.3, 0.4) is 0 Å². The van der Waals surface area contributed by atoms with Gasteiger partial charge in [0.25, 0.3) is 5.91 Å². The lowest BCUT2D eigenvalue weighted by atomic mass is 10.1. The lowest BCUT2D eigenvalue weighted by Crippen LogP contribution is -2.46. The van der Waals surface area contributed by atoms with E-state index in [1.165, 1.54) is 6.92 Å². The molecule has 2 amide bonds. The highest BCUT2D eigenvalue weighted by molar-refractivity contribution is 5.97. The van der Waals surface area contributed by atoms with Gasteiger partial charge in [-0.3, -0.25) is 9.59 Å². The molecule has 1 fully saturated rings. The van der Waals surface area contributed by atoms with Crippen LogP contribution in [0, 0.1) is 6.92 Å². The van der Waals surface area contributed by atoms with Gasteiger partial charge in [-0.1, -0.05) is 13.0 Å². The molecule has 138 valence electrons. The number of amides is 2. The molecule has 0 radical (unpaired) electrons. The first-order chi connectivity index (χ1) is 12.0. The number of anilines is 1. The number of benzene rings is 1. The third-order valence-corrected chi connectivity index (χ3v) is 4.66. The Hall–Kier alpha value is -1.92. The zero-order chi connectivity index (χ0) is 18.2. The third-order valence-electron chi connectivity index (χ3n) is 4.66. The molecule has 1 aromatic rings. The summed E-state index contributed by atoms with van der Waals surface area (Å²) in [6.07, 6.45) is 0.947. The monoisotopic (exact) mass is 346 g/mol. The first-order valence-electron chi connectivity index (χ1n) is 9.10. The fourth-order valence-corrected chi connectivity index (χ4v) is 3.02. The number of aryl methyl sites for hydroxylation is 1. The Morgan fingerprint density at radius 3 is 2.44 bits per heavy atom. The molecular formula is C19H30N4O2. The van der Waals surface area contributed by atoms with Crippen LogP contribution in [0.1, 0.15) is 36.2 Å². The van der Waals surface area contributed by atoms with Crippen molar-refractivity contribution >= 4 is 17.5 Å². The average molecular weight is 346 g/mol. The molecule has 0 aromatic heterocycles. The quantitative estimate of drug-likeness (QED) is 0.738. The molecule has 0 unspecified atom stereocenters. The molecule has 25 heavy (non-hydrogen) atoms. The molecular weight excluding hydrogens is 316 g/mol. The number of carbonyl (C=O) groups is 2. The van der Waals surface area contributed by atoms with Crippen molar-refractivity contribution in [2.45, 2.75) is 27.2 Å². The molecule has 2 rings (SSSR count). The Balaban J connectivity index is 1.74. The smallest absolute Gasteiger partial charge is 0.251 e. The van der Waals surface area contributed by atoms with E-state index >= 15 is 0 Å². The zero-order valence-corrected chi connectivity index (χ0v) is 15.6. The van der Waals surface area contributed by atoms with E-state index in [1.54, 1.807) is 12.1 Å².